The zero-order valence-electron chi connectivity index (χ0n) is 17.5. The smallest absolute Gasteiger partial charge is 0.191 e. The molecule has 0 aromatic heterocycles. The molecule has 0 bridgehead atoms. The number of ether oxygens (including phenoxy) is 3. The first-order valence-electron chi connectivity index (χ1n) is 10.0. The Morgan fingerprint density at radius 1 is 1.14 bits per heavy atom. The van der Waals surface area contributed by atoms with Crippen LogP contribution in [-0.4, -0.2) is 52.6 Å². The summed E-state index contributed by atoms with van der Waals surface area (Å²) in [6, 6.07) is 6.24. The van der Waals surface area contributed by atoms with Crippen LogP contribution >= 0.6 is 24.0 Å². The topological polar surface area (TPSA) is 64.1 Å². The minimum Gasteiger partial charge on any atom is -0.491 e. The van der Waals surface area contributed by atoms with Crippen molar-refractivity contribution in [1.82, 2.24) is 10.6 Å². The highest BCUT2D eigenvalue weighted by molar-refractivity contribution is 14.0. The number of nitrogens with one attached hydrogen (secondary N) is 2. The summed E-state index contributed by atoms with van der Waals surface area (Å²) < 4.78 is 16.8. The molecular weight excluding hydrogens is 469 g/mol. The number of hydrogen-bond donors (Lipinski definition) is 2. The summed E-state index contributed by atoms with van der Waals surface area (Å²) in [5.41, 5.74) is 2.28. The number of methoxy groups -OCH3 is 1. The Labute approximate surface area is 186 Å². The van der Waals surface area contributed by atoms with Crippen molar-refractivity contribution >= 4 is 29.9 Å². The van der Waals surface area contributed by atoms with Gasteiger partial charge in [0.15, 0.2) is 5.96 Å². The second-order valence-electron chi connectivity index (χ2n) is 6.94. The van der Waals surface area contributed by atoms with Crippen LogP contribution in [0.4, 0.5) is 0 Å². The Hall–Kier alpha value is -1.06. The standard InChI is InChI=1S/C21H35N3O3.HI/c1-17-9-10-18(20(15-17)27-14-13-25-3)16-24-21(22-2)23-11-6-12-26-19-7-4-5-8-19;/h9-10,15,19H,4-8,11-14,16H2,1-3H3,(H2,22,23,24);1H. The normalized spacial score (nSPS) is 14.6. The van der Waals surface area contributed by atoms with Crippen molar-refractivity contribution in [2.45, 2.75) is 51.7 Å². The lowest BCUT2D eigenvalue weighted by Gasteiger charge is -2.16. The van der Waals surface area contributed by atoms with Crippen molar-refractivity contribution < 1.29 is 14.2 Å². The van der Waals surface area contributed by atoms with Gasteiger partial charge in [0.25, 0.3) is 0 Å². The van der Waals surface area contributed by atoms with E-state index in [-0.39, 0.29) is 24.0 Å². The van der Waals surface area contributed by atoms with Gasteiger partial charge in [-0.1, -0.05) is 25.0 Å². The van der Waals surface area contributed by atoms with Gasteiger partial charge in [-0.25, -0.2) is 0 Å². The minimum atomic E-state index is 0. The minimum absolute atomic E-state index is 0. The van der Waals surface area contributed by atoms with Gasteiger partial charge in [-0.05, 0) is 37.8 Å². The van der Waals surface area contributed by atoms with Crippen molar-refractivity contribution in [3.05, 3.63) is 29.3 Å². The van der Waals surface area contributed by atoms with Crippen LogP contribution in [0, 0.1) is 6.92 Å². The van der Waals surface area contributed by atoms with E-state index in [0.717, 1.165) is 36.8 Å². The number of nitrogens with zero attached hydrogens (tertiary/aromatic N) is 1. The Bertz CT molecular complexity index is 578. The van der Waals surface area contributed by atoms with Gasteiger partial charge >= 0.3 is 0 Å². The van der Waals surface area contributed by atoms with E-state index in [1.165, 1.54) is 31.2 Å². The molecule has 0 aliphatic heterocycles. The predicted octanol–water partition coefficient (Wildman–Crippen LogP) is 3.65. The third-order valence-electron chi connectivity index (χ3n) is 4.71. The van der Waals surface area contributed by atoms with Crippen LogP contribution in [0.15, 0.2) is 23.2 Å². The van der Waals surface area contributed by atoms with E-state index in [0.29, 0.717) is 25.9 Å². The van der Waals surface area contributed by atoms with Gasteiger partial charge in [0.1, 0.15) is 12.4 Å². The van der Waals surface area contributed by atoms with E-state index < -0.39 is 0 Å². The average molecular weight is 505 g/mol. The highest BCUT2D eigenvalue weighted by atomic mass is 127. The van der Waals surface area contributed by atoms with E-state index in [2.05, 4.69) is 40.7 Å². The highest BCUT2D eigenvalue weighted by Crippen LogP contribution is 2.21. The summed E-state index contributed by atoms with van der Waals surface area (Å²) in [5, 5.41) is 6.70. The third kappa shape index (κ3) is 9.43. The molecule has 1 fully saturated rings. The summed E-state index contributed by atoms with van der Waals surface area (Å²) in [6.45, 7) is 5.49. The molecule has 0 heterocycles. The summed E-state index contributed by atoms with van der Waals surface area (Å²) in [4.78, 5) is 4.29. The van der Waals surface area contributed by atoms with E-state index in [1.54, 1.807) is 14.2 Å². The molecule has 6 nitrogen and oxygen atoms in total. The molecule has 28 heavy (non-hydrogen) atoms. The quantitative estimate of drug-likeness (QED) is 0.208. The van der Waals surface area contributed by atoms with Gasteiger partial charge in [-0.15, -0.1) is 24.0 Å². The molecule has 7 heteroatoms. The molecule has 1 aromatic carbocycles. The number of benzene rings is 1. The van der Waals surface area contributed by atoms with Crippen molar-refractivity contribution in [2.24, 2.45) is 4.99 Å². The van der Waals surface area contributed by atoms with Crippen LogP contribution in [0.1, 0.15) is 43.2 Å². The Balaban J connectivity index is 0.00000392. The fourth-order valence-corrected chi connectivity index (χ4v) is 3.16. The maximum Gasteiger partial charge on any atom is 0.191 e. The molecule has 0 amide bonds. The van der Waals surface area contributed by atoms with Crippen LogP contribution in [0.2, 0.25) is 0 Å². The molecule has 0 unspecified atom stereocenters. The summed E-state index contributed by atoms with van der Waals surface area (Å²) >= 11 is 0. The highest BCUT2D eigenvalue weighted by Gasteiger charge is 2.14. The Kier molecular flexibility index (Phi) is 13.3. The van der Waals surface area contributed by atoms with Crippen molar-refractivity contribution in [3.8, 4) is 5.75 Å². The zero-order chi connectivity index (χ0) is 19.3. The summed E-state index contributed by atoms with van der Waals surface area (Å²) in [7, 11) is 3.46. The van der Waals surface area contributed by atoms with Gasteiger partial charge < -0.3 is 24.8 Å². The van der Waals surface area contributed by atoms with Gasteiger partial charge in [0.2, 0.25) is 0 Å². The molecular formula is C21H36IN3O3. The maximum absolute atomic E-state index is 5.89. The van der Waals surface area contributed by atoms with Crippen molar-refractivity contribution in [2.75, 3.05) is 40.5 Å². The van der Waals surface area contributed by atoms with Gasteiger partial charge in [0, 0.05) is 39.4 Å². The number of aliphatic imine (C=N–C) groups is 1. The number of aryl methyl sites for hydroxylation is 1. The van der Waals surface area contributed by atoms with Crippen LogP contribution in [0.3, 0.4) is 0 Å². The van der Waals surface area contributed by atoms with Gasteiger partial charge in [-0.3, -0.25) is 4.99 Å². The molecule has 1 aliphatic rings. The van der Waals surface area contributed by atoms with Crippen LogP contribution in [0.25, 0.3) is 0 Å². The summed E-state index contributed by atoms with van der Waals surface area (Å²) in [6.07, 6.45) is 6.54. The second-order valence-corrected chi connectivity index (χ2v) is 6.94. The summed E-state index contributed by atoms with van der Waals surface area (Å²) in [5.74, 6) is 1.68. The second kappa shape index (κ2) is 14.9. The Morgan fingerprint density at radius 2 is 1.93 bits per heavy atom. The molecule has 0 radical (unpaired) electrons. The fourth-order valence-electron chi connectivity index (χ4n) is 3.16. The third-order valence-corrected chi connectivity index (χ3v) is 4.71. The number of halogens is 1. The lowest BCUT2D eigenvalue weighted by Crippen LogP contribution is -2.37. The first-order chi connectivity index (χ1) is 13.2. The SMILES string of the molecule is CN=C(NCCCOC1CCCC1)NCc1ccc(C)cc1OCCOC.I. The largest absolute Gasteiger partial charge is 0.491 e. The fraction of sp³-hybridized carbons (Fsp3) is 0.667. The molecule has 0 saturated heterocycles. The van der Waals surface area contributed by atoms with E-state index >= 15 is 0 Å². The lowest BCUT2D eigenvalue weighted by atomic mass is 10.1. The van der Waals surface area contributed by atoms with Crippen molar-refractivity contribution in [3.63, 3.8) is 0 Å². The predicted molar refractivity (Wildman–Crippen MR) is 125 cm³/mol. The first-order valence-corrected chi connectivity index (χ1v) is 10.0. The Morgan fingerprint density at radius 3 is 2.64 bits per heavy atom. The van der Waals surface area contributed by atoms with Crippen LogP contribution in [-0.2, 0) is 16.0 Å². The maximum atomic E-state index is 5.89. The number of rotatable bonds is 11. The lowest BCUT2D eigenvalue weighted by molar-refractivity contribution is 0.0574. The van der Waals surface area contributed by atoms with Gasteiger partial charge in [0.05, 0.1) is 12.7 Å². The molecule has 0 atom stereocenters. The molecule has 0 spiro atoms. The van der Waals surface area contributed by atoms with Gasteiger partial charge in [-0.2, -0.15) is 0 Å². The molecule has 2 rings (SSSR count). The molecule has 1 aromatic rings. The zero-order valence-corrected chi connectivity index (χ0v) is 19.8. The molecule has 1 aliphatic carbocycles. The molecule has 2 N–H and O–H groups in total. The first kappa shape index (κ1) is 25.0. The number of guanidine groups is 1. The average Bonchev–Trinajstić information content (AvgIpc) is 3.19. The molecule has 160 valence electrons. The number of hydrogen-bond acceptors (Lipinski definition) is 4. The van der Waals surface area contributed by atoms with Crippen LogP contribution < -0.4 is 15.4 Å². The van der Waals surface area contributed by atoms with E-state index in [4.69, 9.17) is 14.2 Å². The van der Waals surface area contributed by atoms with Crippen molar-refractivity contribution in [1.29, 1.82) is 0 Å². The van der Waals surface area contributed by atoms with E-state index in [9.17, 15) is 0 Å². The molecule has 1 saturated carbocycles. The van der Waals surface area contributed by atoms with E-state index in [1.807, 2.05) is 0 Å². The monoisotopic (exact) mass is 505 g/mol. The van der Waals surface area contributed by atoms with Crippen LogP contribution in [0.5, 0.6) is 5.75 Å².